The van der Waals surface area contributed by atoms with Gasteiger partial charge in [-0.15, -0.1) is 0 Å². The summed E-state index contributed by atoms with van der Waals surface area (Å²) in [6.07, 6.45) is 2.10. The van der Waals surface area contributed by atoms with Crippen LogP contribution in [-0.4, -0.2) is 36.2 Å². The number of nitrogens with one attached hydrogen (secondary N) is 2. The van der Waals surface area contributed by atoms with Gasteiger partial charge in [0.1, 0.15) is 6.61 Å². The Morgan fingerprint density at radius 3 is 2.15 bits per heavy atom. The molecule has 0 aromatic heterocycles. The number of rotatable bonds is 7. The van der Waals surface area contributed by atoms with Crippen molar-refractivity contribution in [2.75, 3.05) is 18.5 Å². The molecule has 3 aromatic rings. The molecule has 33 heavy (non-hydrogen) atoms. The molecule has 0 unspecified atom stereocenters. The van der Waals surface area contributed by atoms with Crippen molar-refractivity contribution in [3.63, 3.8) is 0 Å². The molecule has 7 nitrogen and oxygen atoms in total. The zero-order valence-corrected chi connectivity index (χ0v) is 17.7. The Kier molecular flexibility index (Phi) is 6.50. The summed E-state index contributed by atoms with van der Waals surface area (Å²) in [6.45, 7) is 0.292. The van der Waals surface area contributed by atoms with Gasteiger partial charge in [-0.05, 0) is 34.4 Å². The number of carboxylic acid groups (broad SMARTS) is 1. The largest absolute Gasteiger partial charge is 0.478 e. The molecule has 0 radical (unpaired) electrons. The van der Waals surface area contributed by atoms with Gasteiger partial charge >= 0.3 is 12.1 Å². The number of amides is 2. The van der Waals surface area contributed by atoms with E-state index in [0.717, 1.165) is 22.3 Å². The minimum Gasteiger partial charge on any atom is -0.478 e. The molecule has 166 valence electrons. The predicted octanol–water partition coefficient (Wildman–Crippen LogP) is 4.42. The third-order valence-corrected chi connectivity index (χ3v) is 5.39. The maximum absolute atomic E-state index is 12.1. The molecule has 0 atom stereocenters. The topological polar surface area (TPSA) is 105 Å². The predicted molar refractivity (Wildman–Crippen MR) is 124 cm³/mol. The number of carbonyl (C=O) groups is 3. The van der Waals surface area contributed by atoms with Gasteiger partial charge in [0.2, 0.25) is 5.91 Å². The summed E-state index contributed by atoms with van der Waals surface area (Å²) in [5.74, 6) is -1.66. The molecule has 0 bridgehead atoms. The molecule has 7 heteroatoms. The van der Waals surface area contributed by atoms with Crippen LogP contribution in [0.5, 0.6) is 0 Å². The van der Waals surface area contributed by atoms with Gasteiger partial charge in [-0.25, -0.2) is 9.59 Å². The van der Waals surface area contributed by atoms with Gasteiger partial charge in [-0.1, -0.05) is 66.7 Å². The molecule has 3 aromatic carbocycles. The molecule has 3 N–H and O–H groups in total. The normalized spacial score (nSPS) is 12.1. The second-order valence-corrected chi connectivity index (χ2v) is 7.45. The Labute approximate surface area is 190 Å². The summed E-state index contributed by atoms with van der Waals surface area (Å²) in [4.78, 5) is 35.4. The minimum atomic E-state index is -1.13. The lowest BCUT2D eigenvalue weighted by Gasteiger charge is -2.14. The number of fused-ring (bicyclic) bond motifs is 3. The summed E-state index contributed by atoms with van der Waals surface area (Å²) < 4.78 is 5.43. The summed E-state index contributed by atoms with van der Waals surface area (Å²) in [5.41, 5.74) is 4.76. The van der Waals surface area contributed by atoms with Crippen molar-refractivity contribution >= 4 is 23.7 Å². The lowest BCUT2D eigenvalue weighted by molar-refractivity contribution is -0.111. The minimum absolute atomic E-state index is 0.00369. The van der Waals surface area contributed by atoms with E-state index in [0.29, 0.717) is 0 Å². The molecule has 0 aliphatic heterocycles. The van der Waals surface area contributed by atoms with Crippen molar-refractivity contribution in [1.29, 1.82) is 0 Å². The second kappa shape index (κ2) is 9.82. The highest BCUT2D eigenvalue weighted by Gasteiger charge is 2.28. The highest BCUT2D eigenvalue weighted by atomic mass is 16.5. The van der Waals surface area contributed by atoms with E-state index in [1.165, 1.54) is 24.3 Å². The molecule has 4 rings (SSSR count). The highest BCUT2D eigenvalue weighted by Crippen LogP contribution is 2.44. The first kappa shape index (κ1) is 21.8. The number of hydrogen-bond donors (Lipinski definition) is 3. The van der Waals surface area contributed by atoms with Crippen LogP contribution in [0.3, 0.4) is 0 Å². The fraction of sp³-hybridized carbons (Fsp3) is 0.115. The third-order valence-electron chi connectivity index (χ3n) is 5.39. The molecular weight excluding hydrogens is 420 g/mol. The van der Waals surface area contributed by atoms with Crippen LogP contribution in [0.1, 0.15) is 27.4 Å². The van der Waals surface area contributed by atoms with E-state index < -0.39 is 18.0 Å². The van der Waals surface area contributed by atoms with Gasteiger partial charge in [-0.2, -0.15) is 0 Å². The Hall–Kier alpha value is -4.39. The maximum Gasteiger partial charge on any atom is 0.407 e. The van der Waals surface area contributed by atoms with E-state index in [9.17, 15) is 14.4 Å². The molecule has 2 amide bonds. The first-order chi connectivity index (χ1) is 16.0. The van der Waals surface area contributed by atoms with Crippen molar-refractivity contribution in [2.45, 2.75) is 5.92 Å². The Balaban J connectivity index is 1.27. The van der Waals surface area contributed by atoms with Gasteiger partial charge in [0.15, 0.2) is 0 Å². The van der Waals surface area contributed by atoms with E-state index in [1.807, 2.05) is 36.4 Å². The van der Waals surface area contributed by atoms with Gasteiger partial charge in [0.25, 0.3) is 0 Å². The summed E-state index contributed by atoms with van der Waals surface area (Å²) in [5, 5.41) is 14.3. The highest BCUT2D eigenvalue weighted by molar-refractivity contribution is 6.04. The lowest BCUT2D eigenvalue weighted by atomic mass is 9.98. The van der Waals surface area contributed by atoms with E-state index in [2.05, 4.69) is 22.8 Å². The first-order valence-corrected chi connectivity index (χ1v) is 10.4. The lowest BCUT2D eigenvalue weighted by Crippen LogP contribution is -2.26. The average molecular weight is 442 g/mol. The second-order valence-electron chi connectivity index (χ2n) is 7.45. The van der Waals surface area contributed by atoms with Gasteiger partial charge < -0.3 is 20.5 Å². The summed E-state index contributed by atoms with van der Waals surface area (Å²) in [7, 11) is 0. The first-order valence-electron chi connectivity index (χ1n) is 10.4. The van der Waals surface area contributed by atoms with Crippen LogP contribution in [0.4, 0.5) is 10.5 Å². The maximum atomic E-state index is 12.1. The number of hydrogen-bond acceptors (Lipinski definition) is 4. The fourth-order valence-corrected chi connectivity index (χ4v) is 3.91. The molecule has 0 saturated heterocycles. The van der Waals surface area contributed by atoms with Crippen LogP contribution in [0.15, 0.2) is 84.9 Å². The van der Waals surface area contributed by atoms with Crippen LogP contribution in [0.25, 0.3) is 11.1 Å². The third kappa shape index (κ3) is 4.93. The smallest absolute Gasteiger partial charge is 0.407 e. The van der Waals surface area contributed by atoms with E-state index >= 15 is 0 Å². The number of alkyl carbamates (subject to hydrolysis) is 1. The van der Waals surface area contributed by atoms with Crippen molar-refractivity contribution in [3.8, 4) is 11.1 Å². The van der Waals surface area contributed by atoms with Crippen LogP contribution in [0, 0.1) is 0 Å². The summed E-state index contributed by atoms with van der Waals surface area (Å²) in [6, 6.07) is 22.3. The van der Waals surface area contributed by atoms with Gasteiger partial charge in [-0.3, -0.25) is 4.79 Å². The number of carboxylic acids is 1. The Bertz CT molecular complexity index is 1190. The molecule has 1 aliphatic rings. The fourth-order valence-electron chi connectivity index (χ4n) is 3.91. The summed E-state index contributed by atoms with van der Waals surface area (Å²) >= 11 is 0. The SMILES string of the molecule is O=C(/C=C/CNC(=O)OCC1c2ccccc2-c2ccccc21)Nc1ccccc1C(=O)O. The number of ether oxygens (including phenoxy) is 1. The Morgan fingerprint density at radius 2 is 1.48 bits per heavy atom. The van der Waals surface area contributed by atoms with Crippen molar-refractivity contribution < 1.29 is 24.2 Å². The average Bonchev–Trinajstić information content (AvgIpc) is 3.14. The van der Waals surface area contributed by atoms with E-state index in [1.54, 1.807) is 12.1 Å². The Morgan fingerprint density at radius 1 is 0.879 bits per heavy atom. The van der Waals surface area contributed by atoms with Crippen LogP contribution >= 0.6 is 0 Å². The zero-order valence-electron chi connectivity index (χ0n) is 17.7. The molecule has 1 aliphatic carbocycles. The molecule has 0 saturated carbocycles. The van der Waals surface area contributed by atoms with E-state index in [4.69, 9.17) is 9.84 Å². The van der Waals surface area contributed by atoms with Crippen LogP contribution in [0.2, 0.25) is 0 Å². The molecule has 0 fully saturated rings. The van der Waals surface area contributed by atoms with Crippen molar-refractivity contribution in [3.05, 3.63) is 102 Å². The monoisotopic (exact) mass is 442 g/mol. The number of para-hydroxylation sites is 1. The van der Waals surface area contributed by atoms with E-state index in [-0.39, 0.29) is 30.3 Å². The quantitative estimate of drug-likeness (QED) is 0.470. The van der Waals surface area contributed by atoms with Crippen LogP contribution < -0.4 is 10.6 Å². The van der Waals surface area contributed by atoms with Crippen molar-refractivity contribution in [1.82, 2.24) is 5.32 Å². The number of benzene rings is 3. The standard InChI is InChI=1S/C26H22N2O5/c29-24(28-23-13-6-5-12-21(23)25(30)31)14-7-15-27-26(32)33-16-22-19-10-3-1-8-17(19)18-9-2-4-11-20(18)22/h1-14,22H,15-16H2,(H,27,32)(H,28,29)(H,30,31)/b14-7+. The number of anilines is 1. The van der Waals surface area contributed by atoms with Crippen molar-refractivity contribution in [2.24, 2.45) is 0 Å². The molecule has 0 spiro atoms. The number of carbonyl (C=O) groups excluding carboxylic acids is 2. The molecule has 0 heterocycles. The zero-order chi connectivity index (χ0) is 23.2. The van der Waals surface area contributed by atoms with Crippen LogP contribution in [-0.2, 0) is 9.53 Å². The van der Waals surface area contributed by atoms with Gasteiger partial charge in [0, 0.05) is 18.5 Å². The number of aromatic carboxylic acids is 1. The van der Waals surface area contributed by atoms with Gasteiger partial charge in [0.05, 0.1) is 11.3 Å². The molecular formula is C26H22N2O5.